The van der Waals surface area contributed by atoms with Crippen LogP contribution in [0.1, 0.15) is 47.0 Å². The fraction of sp³-hybridized carbons (Fsp3) is 1.00. The van der Waals surface area contributed by atoms with Crippen LogP contribution in [0.5, 0.6) is 0 Å². The Bertz CT molecular complexity index is 201. The fourth-order valence-electron chi connectivity index (χ4n) is 3.29. The van der Waals surface area contributed by atoms with Gasteiger partial charge in [0.25, 0.3) is 0 Å². The van der Waals surface area contributed by atoms with Gasteiger partial charge in [-0.25, -0.2) is 0 Å². The maximum Gasteiger partial charge on any atom is 0.00533 e. The van der Waals surface area contributed by atoms with E-state index in [0.717, 1.165) is 23.3 Å². The second kappa shape index (κ2) is 3.52. The summed E-state index contributed by atoms with van der Waals surface area (Å²) in [5.74, 6) is 1.92. The average molecular weight is 195 g/mol. The Hall–Kier alpha value is -0.0400. The van der Waals surface area contributed by atoms with Gasteiger partial charge in [0.2, 0.25) is 0 Å². The maximum absolute atomic E-state index is 2.63. The first-order valence-electron chi connectivity index (χ1n) is 6.26. The molecule has 0 aromatic rings. The van der Waals surface area contributed by atoms with Crippen LogP contribution in [0.15, 0.2) is 0 Å². The van der Waals surface area contributed by atoms with Crippen LogP contribution >= 0.6 is 0 Å². The predicted molar refractivity (Wildman–Crippen MR) is 61.3 cm³/mol. The van der Waals surface area contributed by atoms with Crippen molar-refractivity contribution in [2.45, 2.75) is 53.0 Å². The summed E-state index contributed by atoms with van der Waals surface area (Å²) in [6.07, 6.45) is 4.50. The summed E-state index contributed by atoms with van der Waals surface area (Å²) in [5, 5.41) is 0. The molecule has 0 N–H and O–H groups in total. The van der Waals surface area contributed by atoms with E-state index in [2.05, 4.69) is 32.6 Å². The maximum atomic E-state index is 2.63. The lowest BCUT2D eigenvalue weighted by Gasteiger charge is -2.51. The molecule has 1 atom stereocenters. The van der Waals surface area contributed by atoms with Gasteiger partial charge in [0, 0.05) is 19.1 Å². The molecule has 0 aromatic heterocycles. The van der Waals surface area contributed by atoms with Crippen molar-refractivity contribution in [3.05, 3.63) is 0 Å². The molecule has 82 valence electrons. The predicted octanol–water partition coefficient (Wildman–Crippen LogP) is 3.15. The topological polar surface area (TPSA) is 3.24 Å². The number of rotatable bonds is 2. The first kappa shape index (κ1) is 10.5. The van der Waals surface area contributed by atoms with Gasteiger partial charge in [-0.1, -0.05) is 13.8 Å². The van der Waals surface area contributed by atoms with Crippen molar-refractivity contribution in [1.82, 2.24) is 4.90 Å². The van der Waals surface area contributed by atoms with E-state index in [1.54, 1.807) is 0 Å². The highest BCUT2D eigenvalue weighted by Crippen LogP contribution is 2.50. The summed E-state index contributed by atoms with van der Waals surface area (Å²) in [6, 6.07) is 0.763. The molecule has 14 heavy (non-hydrogen) atoms. The summed E-state index contributed by atoms with van der Waals surface area (Å²) in [4.78, 5) is 2.63. The van der Waals surface area contributed by atoms with E-state index in [1.165, 1.54) is 32.4 Å². The third-order valence-electron chi connectivity index (χ3n) is 4.49. The first-order chi connectivity index (χ1) is 6.52. The molecule has 1 heteroatoms. The standard InChI is InChI=1S/C13H25N/c1-10(2)12-5-6-13(7-12)8-14(9-13)11(3)4/h10-12H,5-9H2,1-4H3/t12-/m1/s1. The molecule has 2 aliphatic rings. The van der Waals surface area contributed by atoms with Crippen molar-refractivity contribution in [2.24, 2.45) is 17.3 Å². The van der Waals surface area contributed by atoms with Gasteiger partial charge in [-0.2, -0.15) is 0 Å². The Morgan fingerprint density at radius 3 is 2.21 bits per heavy atom. The molecule has 1 nitrogen and oxygen atoms in total. The molecule has 1 spiro atoms. The molecule has 0 aromatic carbocycles. The monoisotopic (exact) mass is 195 g/mol. The average Bonchev–Trinajstić information content (AvgIpc) is 2.44. The molecule has 2 rings (SSSR count). The summed E-state index contributed by atoms with van der Waals surface area (Å²) in [7, 11) is 0. The van der Waals surface area contributed by atoms with Gasteiger partial charge >= 0.3 is 0 Å². The largest absolute Gasteiger partial charge is 0.300 e. The number of hydrogen-bond donors (Lipinski definition) is 0. The third-order valence-corrected chi connectivity index (χ3v) is 4.49. The van der Waals surface area contributed by atoms with Gasteiger partial charge in [0.05, 0.1) is 0 Å². The van der Waals surface area contributed by atoms with Gasteiger partial charge in [0.1, 0.15) is 0 Å². The Morgan fingerprint density at radius 2 is 1.79 bits per heavy atom. The summed E-state index contributed by atoms with van der Waals surface area (Å²) >= 11 is 0. The fourth-order valence-corrected chi connectivity index (χ4v) is 3.29. The normalized spacial score (nSPS) is 31.7. The van der Waals surface area contributed by atoms with Gasteiger partial charge in [0.15, 0.2) is 0 Å². The lowest BCUT2D eigenvalue weighted by molar-refractivity contribution is -0.0206. The smallest absolute Gasteiger partial charge is 0.00533 e. The van der Waals surface area contributed by atoms with E-state index < -0.39 is 0 Å². The van der Waals surface area contributed by atoms with Gasteiger partial charge in [-0.3, -0.25) is 4.90 Å². The van der Waals surface area contributed by atoms with Crippen LogP contribution in [0.3, 0.4) is 0 Å². The Labute approximate surface area is 88.9 Å². The highest BCUT2D eigenvalue weighted by molar-refractivity contribution is 5.01. The molecule has 0 bridgehead atoms. The van der Waals surface area contributed by atoms with E-state index in [9.17, 15) is 0 Å². The van der Waals surface area contributed by atoms with Crippen LogP contribution in [-0.2, 0) is 0 Å². The second-order valence-electron chi connectivity index (χ2n) is 6.25. The van der Waals surface area contributed by atoms with E-state index in [-0.39, 0.29) is 0 Å². The van der Waals surface area contributed by atoms with Gasteiger partial charge < -0.3 is 0 Å². The van der Waals surface area contributed by atoms with Crippen molar-refractivity contribution in [1.29, 1.82) is 0 Å². The van der Waals surface area contributed by atoms with Crippen molar-refractivity contribution < 1.29 is 0 Å². The number of hydrogen-bond acceptors (Lipinski definition) is 1. The first-order valence-corrected chi connectivity index (χ1v) is 6.26. The minimum atomic E-state index is 0.749. The van der Waals surface area contributed by atoms with Crippen LogP contribution in [0.4, 0.5) is 0 Å². The molecular formula is C13H25N. The minimum Gasteiger partial charge on any atom is -0.300 e. The zero-order chi connectivity index (χ0) is 10.3. The quantitative estimate of drug-likeness (QED) is 0.654. The molecule has 0 amide bonds. The minimum absolute atomic E-state index is 0.749. The second-order valence-corrected chi connectivity index (χ2v) is 6.25. The zero-order valence-electron chi connectivity index (χ0n) is 10.2. The zero-order valence-corrected chi connectivity index (χ0v) is 10.2. The molecule has 1 saturated carbocycles. The van der Waals surface area contributed by atoms with Crippen molar-refractivity contribution in [2.75, 3.05) is 13.1 Å². The van der Waals surface area contributed by atoms with Gasteiger partial charge in [-0.05, 0) is 50.4 Å². The molecule has 0 unspecified atom stereocenters. The van der Waals surface area contributed by atoms with E-state index in [1.807, 2.05) is 0 Å². The van der Waals surface area contributed by atoms with E-state index in [0.29, 0.717) is 0 Å². The van der Waals surface area contributed by atoms with Gasteiger partial charge in [-0.15, -0.1) is 0 Å². The number of likely N-dealkylation sites (tertiary alicyclic amines) is 1. The summed E-state index contributed by atoms with van der Waals surface area (Å²) < 4.78 is 0. The van der Waals surface area contributed by atoms with Crippen molar-refractivity contribution in [3.63, 3.8) is 0 Å². The van der Waals surface area contributed by atoms with E-state index in [4.69, 9.17) is 0 Å². The molecular weight excluding hydrogens is 170 g/mol. The third kappa shape index (κ3) is 1.71. The Balaban J connectivity index is 1.86. The van der Waals surface area contributed by atoms with Crippen LogP contribution in [0.2, 0.25) is 0 Å². The highest BCUT2D eigenvalue weighted by atomic mass is 15.2. The molecule has 1 saturated heterocycles. The molecule has 1 aliphatic heterocycles. The number of nitrogens with zero attached hydrogens (tertiary/aromatic N) is 1. The Kier molecular flexibility index (Phi) is 2.63. The molecule has 1 aliphatic carbocycles. The molecule has 2 fully saturated rings. The highest BCUT2D eigenvalue weighted by Gasteiger charge is 2.48. The van der Waals surface area contributed by atoms with Crippen LogP contribution in [0, 0.1) is 17.3 Å². The molecule has 0 radical (unpaired) electrons. The lowest BCUT2D eigenvalue weighted by Crippen LogP contribution is -2.57. The van der Waals surface area contributed by atoms with Crippen LogP contribution in [0.25, 0.3) is 0 Å². The van der Waals surface area contributed by atoms with Crippen LogP contribution < -0.4 is 0 Å². The summed E-state index contributed by atoms with van der Waals surface area (Å²) in [6.45, 7) is 12.2. The Morgan fingerprint density at radius 1 is 1.14 bits per heavy atom. The van der Waals surface area contributed by atoms with Crippen molar-refractivity contribution >= 4 is 0 Å². The summed E-state index contributed by atoms with van der Waals surface area (Å²) in [5.41, 5.74) is 0.749. The molecule has 1 heterocycles. The van der Waals surface area contributed by atoms with Crippen molar-refractivity contribution in [3.8, 4) is 0 Å². The van der Waals surface area contributed by atoms with Crippen LogP contribution in [-0.4, -0.2) is 24.0 Å². The lowest BCUT2D eigenvalue weighted by atomic mass is 9.76. The SMILES string of the molecule is CC(C)[C@@H]1CCC2(C1)CN(C(C)C)C2. The van der Waals surface area contributed by atoms with E-state index >= 15 is 0 Å².